The lowest BCUT2D eigenvalue weighted by atomic mass is 10.2. The van der Waals surface area contributed by atoms with Gasteiger partial charge in [-0.1, -0.05) is 42.1 Å². The molecule has 0 spiro atoms. The van der Waals surface area contributed by atoms with Gasteiger partial charge in [-0.15, -0.1) is 10.2 Å². The Balaban J connectivity index is 1.42. The van der Waals surface area contributed by atoms with E-state index in [1.54, 1.807) is 13.4 Å². The fourth-order valence-corrected chi connectivity index (χ4v) is 3.76. The summed E-state index contributed by atoms with van der Waals surface area (Å²) in [7, 11) is 1.66. The molecule has 1 aliphatic rings. The van der Waals surface area contributed by atoms with Crippen molar-refractivity contribution in [2.75, 3.05) is 45.6 Å². The van der Waals surface area contributed by atoms with Gasteiger partial charge in [-0.25, -0.2) is 0 Å². The molecule has 8 heteroatoms. The van der Waals surface area contributed by atoms with Gasteiger partial charge in [0.05, 0.1) is 12.4 Å². The molecule has 0 N–H and O–H groups in total. The monoisotopic (exact) mass is 375 g/mol. The maximum absolute atomic E-state index is 12.5. The van der Waals surface area contributed by atoms with Crippen molar-refractivity contribution in [3.8, 4) is 0 Å². The topological polar surface area (TPSA) is 63.5 Å². The van der Waals surface area contributed by atoms with Gasteiger partial charge in [0.25, 0.3) is 0 Å². The molecular formula is C18H25N5O2S. The number of hydrogen-bond acceptors (Lipinski definition) is 6. The lowest BCUT2D eigenvalue weighted by molar-refractivity contribution is -0.130. The van der Waals surface area contributed by atoms with E-state index >= 15 is 0 Å². The second-order valence-electron chi connectivity index (χ2n) is 6.23. The van der Waals surface area contributed by atoms with Gasteiger partial charge in [0.1, 0.15) is 6.33 Å². The van der Waals surface area contributed by atoms with Crippen LogP contribution >= 0.6 is 11.8 Å². The summed E-state index contributed by atoms with van der Waals surface area (Å²) in [6, 6.07) is 10.5. The molecule has 0 atom stereocenters. The number of ether oxygens (including phenoxy) is 1. The number of methoxy groups -OCH3 is 1. The summed E-state index contributed by atoms with van der Waals surface area (Å²) in [5.41, 5.74) is 1.32. The molecule has 0 radical (unpaired) electrons. The summed E-state index contributed by atoms with van der Waals surface area (Å²) in [5.74, 6) is 0.556. The average molecular weight is 375 g/mol. The fourth-order valence-electron chi connectivity index (χ4n) is 2.91. The van der Waals surface area contributed by atoms with Crippen LogP contribution in [0.25, 0.3) is 0 Å². The zero-order chi connectivity index (χ0) is 18.2. The zero-order valence-corrected chi connectivity index (χ0v) is 15.9. The van der Waals surface area contributed by atoms with Crippen LogP contribution in [-0.2, 0) is 22.6 Å². The van der Waals surface area contributed by atoms with Gasteiger partial charge in [0.15, 0.2) is 5.16 Å². The maximum atomic E-state index is 12.5. The summed E-state index contributed by atoms with van der Waals surface area (Å²) in [6.07, 6.45) is 1.67. The van der Waals surface area contributed by atoms with Crippen molar-refractivity contribution >= 4 is 17.7 Å². The number of carbonyl (C=O) groups excluding carboxylic acids is 1. The number of hydrogen-bond donors (Lipinski definition) is 0. The first-order valence-corrected chi connectivity index (χ1v) is 9.78. The van der Waals surface area contributed by atoms with Crippen LogP contribution < -0.4 is 0 Å². The molecule has 2 aromatic rings. The highest BCUT2D eigenvalue weighted by Crippen LogP contribution is 2.16. The number of rotatable bonds is 8. The largest absolute Gasteiger partial charge is 0.383 e. The van der Waals surface area contributed by atoms with Crippen molar-refractivity contribution in [3.63, 3.8) is 0 Å². The molecule has 1 aromatic heterocycles. The molecule has 0 unspecified atom stereocenters. The van der Waals surface area contributed by atoms with Crippen molar-refractivity contribution in [1.29, 1.82) is 0 Å². The summed E-state index contributed by atoms with van der Waals surface area (Å²) < 4.78 is 6.99. The third-order valence-corrected chi connectivity index (χ3v) is 5.38. The van der Waals surface area contributed by atoms with Gasteiger partial charge in [-0.3, -0.25) is 9.69 Å². The highest BCUT2D eigenvalue weighted by Gasteiger charge is 2.21. The zero-order valence-electron chi connectivity index (χ0n) is 15.1. The predicted molar refractivity (Wildman–Crippen MR) is 101 cm³/mol. The lowest BCUT2D eigenvalue weighted by Crippen LogP contribution is -2.48. The Morgan fingerprint density at radius 1 is 1.19 bits per heavy atom. The van der Waals surface area contributed by atoms with Gasteiger partial charge < -0.3 is 14.2 Å². The Kier molecular flexibility index (Phi) is 7.04. The predicted octanol–water partition coefficient (Wildman–Crippen LogP) is 1.36. The Labute approximate surface area is 158 Å². The van der Waals surface area contributed by atoms with Crippen molar-refractivity contribution in [1.82, 2.24) is 24.6 Å². The van der Waals surface area contributed by atoms with Crippen LogP contribution in [0.4, 0.5) is 0 Å². The molecule has 0 saturated carbocycles. The standard InChI is InChI=1S/C18H25N5O2S/c1-25-12-11-23-15-19-20-18(23)26-14-17(24)22-9-7-21(8-10-22)13-16-5-3-2-4-6-16/h2-6,15H,7-14H2,1H3. The molecule has 2 heterocycles. The van der Waals surface area contributed by atoms with Crippen molar-refractivity contribution in [2.24, 2.45) is 0 Å². The number of nitrogens with zero attached hydrogens (tertiary/aromatic N) is 5. The van der Waals surface area contributed by atoms with E-state index in [4.69, 9.17) is 4.74 Å². The van der Waals surface area contributed by atoms with E-state index < -0.39 is 0 Å². The minimum absolute atomic E-state index is 0.163. The van der Waals surface area contributed by atoms with Crippen molar-refractivity contribution < 1.29 is 9.53 Å². The SMILES string of the molecule is COCCn1cnnc1SCC(=O)N1CCN(Cc2ccccc2)CC1. The molecule has 1 aromatic carbocycles. The number of carbonyl (C=O) groups is 1. The van der Waals surface area contributed by atoms with Crippen LogP contribution in [0, 0.1) is 0 Å². The molecule has 1 amide bonds. The minimum atomic E-state index is 0.163. The molecule has 140 valence electrons. The Morgan fingerprint density at radius 2 is 1.96 bits per heavy atom. The van der Waals surface area contributed by atoms with Crippen LogP contribution in [0.2, 0.25) is 0 Å². The van der Waals surface area contributed by atoms with Gasteiger partial charge >= 0.3 is 0 Å². The summed E-state index contributed by atoms with van der Waals surface area (Å²) in [6.45, 7) is 5.62. The van der Waals surface area contributed by atoms with Gasteiger partial charge in [-0.2, -0.15) is 0 Å². The first-order chi connectivity index (χ1) is 12.8. The summed E-state index contributed by atoms with van der Waals surface area (Å²) in [4.78, 5) is 16.8. The van der Waals surface area contributed by atoms with Crippen LogP contribution in [0.5, 0.6) is 0 Å². The van der Waals surface area contributed by atoms with Crippen molar-refractivity contribution in [2.45, 2.75) is 18.2 Å². The maximum Gasteiger partial charge on any atom is 0.233 e. The van der Waals surface area contributed by atoms with Crippen LogP contribution in [0.3, 0.4) is 0 Å². The first kappa shape index (κ1) is 18.9. The molecular weight excluding hydrogens is 350 g/mol. The van der Waals surface area contributed by atoms with Crippen molar-refractivity contribution in [3.05, 3.63) is 42.2 Å². The molecule has 1 aliphatic heterocycles. The third kappa shape index (κ3) is 5.30. The minimum Gasteiger partial charge on any atom is -0.383 e. The number of thioether (sulfide) groups is 1. The van der Waals surface area contributed by atoms with E-state index in [1.807, 2.05) is 15.5 Å². The second-order valence-corrected chi connectivity index (χ2v) is 7.17. The number of piperazine rings is 1. The van der Waals surface area contributed by atoms with E-state index in [-0.39, 0.29) is 5.91 Å². The third-order valence-electron chi connectivity index (χ3n) is 4.42. The number of amides is 1. The average Bonchev–Trinajstić information content (AvgIpc) is 3.13. The Hall–Kier alpha value is -1.90. The highest BCUT2D eigenvalue weighted by molar-refractivity contribution is 7.99. The van der Waals surface area contributed by atoms with Gasteiger partial charge in [0, 0.05) is 46.4 Å². The van der Waals surface area contributed by atoms with E-state index in [2.05, 4.69) is 39.4 Å². The molecule has 0 aliphatic carbocycles. The molecule has 3 rings (SSSR count). The summed E-state index contributed by atoms with van der Waals surface area (Å²) in [5, 5.41) is 8.77. The van der Waals surface area contributed by atoms with Crippen LogP contribution in [0.15, 0.2) is 41.8 Å². The number of benzene rings is 1. The number of aromatic nitrogens is 3. The highest BCUT2D eigenvalue weighted by atomic mass is 32.2. The molecule has 1 saturated heterocycles. The lowest BCUT2D eigenvalue weighted by Gasteiger charge is -2.34. The van der Waals surface area contributed by atoms with Gasteiger partial charge in [0.2, 0.25) is 5.91 Å². The fraction of sp³-hybridized carbons (Fsp3) is 0.500. The smallest absolute Gasteiger partial charge is 0.233 e. The van der Waals surface area contributed by atoms with Gasteiger partial charge in [-0.05, 0) is 5.56 Å². The van der Waals surface area contributed by atoms with Crippen LogP contribution in [0.1, 0.15) is 5.56 Å². The first-order valence-electron chi connectivity index (χ1n) is 8.80. The normalized spacial score (nSPS) is 15.3. The van der Waals surface area contributed by atoms with E-state index in [0.29, 0.717) is 18.9 Å². The van der Waals surface area contributed by atoms with E-state index in [0.717, 1.165) is 37.9 Å². The quantitative estimate of drug-likeness (QED) is 0.649. The molecule has 26 heavy (non-hydrogen) atoms. The van der Waals surface area contributed by atoms with E-state index in [1.165, 1.54) is 17.3 Å². The van der Waals surface area contributed by atoms with E-state index in [9.17, 15) is 4.79 Å². The summed E-state index contributed by atoms with van der Waals surface area (Å²) >= 11 is 1.44. The molecule has 7 nitrogen and oxygen atoms in total. The Bertz CT molecular complexity index is 686. The van der Waals surface area contributed by atoms with Crippen LogP contribution in [-0.4, -0.2) is 76.1 Å². The second kappa shape index (κ2) is 9.70. The molecule has 0 bridgehead atoms. The molecule has 1 fully saturated rings. The Morgan fingerprint density at radius 3 is 2.69 bits per heavy atom.